The predicted molar refractivity (Wildman–Crippen MR) is 36.4 cm³/mol. The molecule has 4 N–H and O–H groups in total. The van der Waals surface area contributed by atoms with Gasteiger partial charge in [-0.05, 0) is 6.08 Å². The third-order valence-electron chi connectivity index (χ3n) is 1.04. The van der Waals surface area contributed by atoms with E-state index in [4.69, 9.17) is 20.4 Å². The molecule has 0 aliphatic heterocycles. The summed E-state index contributed by atoms with van der Waals surface area (Å²) in [5, 5.41) is 33.9. The van der Waals surface area contributed by atoms with Crippen LogP contribution in [0.25, 0.3) is 0 Å². The Morgan fingerprint density at radius 3 is 2.00 bits per heavy atom. The van der Waals surface area contributed by atoms with E-state index in [0.29, 0.717) is 6.08 Å². The molecule has 0 heterocycles. The summed E-state index contributed by atoms with van der Waals surface area (Å²) in [4.78, 5) is 19.8. The fourth-order valence-electron chi connectivity index (χ4n) is 0.412. The monoisotopic (exact) mass is 176 g/mol. The second kappa shape index (κ2) is 4.47. The van der Waals surface area contributed by atoms with Crippen molar-refractivity contribution in [2.45, 2.75) is 12.2 Å². The summed E-state index contributed by atoms with van der Waals surface area (Å²) in [5.74, 6) is -2.77. The number of rotatable bonds is 4. The molecule has 0 spiro atoms. The standard InChI is InChI=1S/C6H8O6/c7-2-5(10)3(8)1-4(9)6(11)12/h1-3,5,8-10H,(H,11,12)/b4-1-/t3-,5-/m0/s1. The van der Waals surface area contributed by atoms with Crippen LogP contribution in [0.3, 0.4) is 0 Å². The average molecular weight is 176 g/mol. The number of hydrogen-bond donors (Lipinski definition) is 4. The first-order valence-electron chi connectivity index (χ1n) is 2.94. The molecule has 0 unspecified atom stereocenters. The zero-order valence-corrected chi connectivity index (χ0v) is 5.91. The number of carboxylic acids is 1. The number of carbonyl (C=O) groups excluding carboxylic acids is 1. The van der Waals surface area contributed by atoms with Crippen molar-refractivity contribution in [1.82, 2.24) is 0 Å². The molecule has 0 aliphatic rings. The van der Waals surface area contributed by atoms with Crippen molar-refractivity contribution in [2.75, 3.05) is 0 Å². The summed E-state index contributed by atoms with van der Waals surface area (Å²) in [6, 6.07) is 0. The maximum atomic E-state index is 9.95. The van der Waals surface area contributed by atoms with Gasteiger partial charge in [-0.25, -0.2) is 4.79 Å². The van der Waals surface area contributed by atoms with Gasteiger partial charge in [-0.15, -0.1) is 0 Å². The van der Waals surface area contributed by atoms with E-state index in [1.807, 2.05) is 0 Å². The van der Waals surface area contributed by atoms with E-state index in [1.165, 1.54) is 0 Å². The smallest absolute Gasteiger partial charge is 0.370 e. The largest absolute Gasteiger partial charge is 0.502 e. The quantitative estimate of drug-likeness (QED) is 0.234. The van der Waals surface area contributed by atoms with Crippen LogP contribution in [0.1, 0.15) is 0 Å². The molecule has 0 aromatic carbocycles. The van der Waals surface area contributed by atoms with Gasteiger partial charge in [-0.1, -0.05) is 0 Å². The zero-order valence-electron chi connectivity index (χ0n) is 5.91. The molecule has 0 radical (unpaired) electrons. The van der Waals surface area contributed by atoms with Crippen molar-refractivity contribution >= 4 is 12.3 Å². The minimum absolute atomic E-state index is 0.0241. The van der Waals surface area contributed by atoms with Gasteiger partial charge in [0, 0.05) is 0 Å². The molecule has 0 aromatic rings. The summed E-state index contributed by atoms with van der Waals surface area (Å²) in [6.07, 6.45) is -2.96. The van der Waals surface area contributed by atoms with Crippen molar-refractivity contribution in [3.8, 4) is 0 Å². The summed E-state index contributed by atoms with van der Waals surface area (Å²) >= 11 is 0. The highest BCUT2D eigenvalue weighted by Crippen LogP contribution is 1.97. The minimum Gasteiger partial charge on any atom is -0.502 e. The second-order valence-electron chi connectivity index (χ2n) is 1.97. The van der Waals surface area contributed by atoms with Gasteiger partial charge in [-0.2, -0.15) is 0 Å². The molecule has 12 heavy (non-hydrogen) atoms. The van der Waals surface area contributed by atoms with Crippen LogP contribution in [0, 0.1) is 0 Å². The Morgan fingerprint density at radius 1 is 1.17 bits per heavy atom. The van der Waals surface area contributed by atoms with Gasteiger partial charge >= 0.3 is 5.97 Å². The van der Waals surface area contributed by atoms with Gasteiger partial charge in [0.15, 0.2) is 12.0 Å². The highest BCUT2D eigenvalue weighted by atomic mass is 16.4. The Labute approximate surface area is 67.4 Å². The lowest BCUT2D eigenvalue weighted by Crippen LogP contribution is -2.26. The van der Waals surface area contributed by atoms with E-state index in [1.54, 1.807) is 0 Å². The summed E-state index contributed by atoms with van der Waals surface area (Å²) in [5.41, 5.74) is 0. The lowest BCUT2D eigenvalue weighted by molar-refractivity contribution is -0.135. The van der Waals surface area contributed by atoms with Gasteiger partial charge in [0.2, 0.25) is 0 Å². The number of carboxylic acid groups (broad SMARTS) is 1. The normalized spacial score (nSPS) is 16.7. The second-order valence-corrected chi connectivity index (χ2v) is 1.97. The van der Waals surface area contributed by atoms with E-state index >= 15 is 0 Å². The Bertz CT molecular complexity index is 208. The summed E-state index contributed by atoms with van der Waals surface area (Å²) in [6.45, 7) is 0. The fourth-order valence-corrected chi connectivity index (χ4v) is 0.412. The Kier molecular flexibility index (Phi) is 3.95. The summed E-state index contributed by atoms with van der Waals surface area (Å²) < 4.78 is 0. The van der Waals surface area contributed by atoms with Gasteiger partial charge in [0.05, 0.1) is 0 Å². The van der Waals surface area contributed by atoms with E-state index in [9.17, 15) is 9.59 Å². The highest BCUT2D eigenvalue weighted by molar-refractivity contribution is 5.83. The average Bonchev–Trinajstić information content (AvgIpc) is 2.02. The molecule has 0 aromatic heterocycles. The first-order valence-corrected chi connectivity index (χ1v) is 2.94. The summed E-state index contributed by atoms with van der Waals surface area (Å²) in [7, 11) is 0. The number of carbonyl (C=O) groups is 2. The van der Waals surface area contributed by atoms with Crippen LogP contribution in [0.5, 0.6) is 0 Å². The topological polar surface area (TPSA) is 115 Å². The van der Waals surface area contributed by atoms with Gasteiger partial charge < -0.3 is 25.2 Å². The van der Waals surface area contributed by atoms with Crippen LogP contribution in [0.2, 0.25) is 0 Å². The van der Waals surface area contributed by atoms with Gasteiger partial charge in [0.1, 0.15) is 12.2 Å². The number of aliphatic hydroxyl groups is 3. The molecule has 6 heteroatoms. The van der Waals surface area contributed by atoms with E-state index in [-0.39, 0.29) is 6.29 Å². The number of hydrogen-bond acceptors (Lipinski definition) is 5. The molecule has 6 nitrogen and oxygen atoms in total. The van der Waals surface area contributed by atoms with Crippen LogP contribution in [0.15, 0.2) is 11.8 Å². The molecule has 68 valence electrons. The first-order chi connectivity index (χ1) is 5.49. The lowest BCUT2D eigenvalue weighted by atomic mass is 10.2. The molecule has 0 rings (SSSR count). The Morgan fingerprint density at radius 2 is 1.67 bits per heavy atom. The Balaban J connectivity index is 4.32. The van der Waals surface area contributed by atoms with E-state index < -0.39 is 23.9 Å². The SMILES string of the molecule is O=C[C@H](O)[C@@H](O)/C=C(\O)C(=O)O. The number of aliphatic carboxylic acids is 1. The first kappa shape index (κ1) is 10.6. The predicted octanol–water partition coefficient (Wildman–Crippen LogP) is -1.57. The van der Waals surface area contributed by atoms with Crippen LogP contribution < -0.4 is 0 Å². The maximum Gasteiger partial charge on any atom is 0.370 e. The Hall–Kier alpha value is -1.40. The van der Waals surface area contributed by atoms with E-state index in [0.717, 1.165) is 0 Å². The molecule has 2 atom stereocenters. The van der Waals surface area contributed by atoms with Crippen molar-refractivity contribution in [1.29, 1.82) is 0 Å². The number of aliphatic hydroxyl groups excluding tert-OH is 3. The molecule has 0 bridgehead atoms. The van der Waals surface area contributed by atoms with Crippen LogP contribution in [-0.4, -0.2) is 44.9 Å². The van der Waals surface area contributed by atoms with Gasteiger partial charge in [0.25, 0.3) is 0 Å². The van der Waals surface area contributed by atoms with E-state index in [2.05, 4.69) is 0 Å². The molecule has 0 saturated carbocycles. The van der Waals surface area contributed by atoms with Crippen molar-refractivity contribution < 1.29 is 30.0 Å². The molecule has 0 aliphatic carbocycles. The number of aldehydes is 1. The molecule has 0 fully saturated rings. The fraction of sp³-hybridized carbons (Fsp3) is 0.333. The highest BCUT2D eigenvalue weighted by Gasteiger charge is 2.15. The molecular formula is C6H8O6. The minimum atomic E-state index is -1.73. The van der Waals surface area contributed by atoms with Gasteiger partial charge in [-0.3, -0.25) is 0 Å². The maximum absolute atomic E-state index is 9.95. The molecule has 0 amide bonds. The van der Waals surface area contributed by atoms with Crippen molar-refractivity contribution in [2.24, 2.45) is 0 Å². The van der Waals surface area contributed by atoms with Crippen LogP contribution in [-0.2, 0) is 9.59 Å². The van der Waals surface area contributed by atoms with Crippen LogP contribution in [0.4, 0.5) is 0 Å². The zero-order chi connectivity index (χ0) is 9.72. The van der Waals surface area contributed by atoms with Crippen molar-refractivity contribution in [3.63, 3.8) is 0 Å². The van der Waals surface area contributed by atoms with Crippen LogP contribution >= 0.6 is 0 Å². The van der Waals surface area contributed by atoms with Crippen molar-refractivity contribution in [3.05, 3.63) is 11.8 Å². The third-order valence-corrected chi connectivity index (χ3v) is 1.04. The lowest BCUT2D eigenvalue weighted by Gasteiger charge is -2.06. The molecule has 0 saturated heterocycles. The molecular weight excluding hydrogens is 168 g/mol. The third kappa shape index (κ3) is 3.13.